The Balaban J connectivity index is 1.64. The highest BCUT2D eigenvalue weighted by Crippen LogP contribution is 2.28. The molecule has 0 bridgehead atoms. The predicted octanol–water partition coefficient (Wildman–Crippen LogP) is 3.83. The van der Waals surface area contributed by atoms with Gasteiger partial charge in [0.15, 0.2) is 0 Å². The Morgan fingerprint density at radius 1 is 1.06 bits per heavy atom. The third kappa shape index (κ3) is 3.96. The minimum Gasteiger partial charge on any atom is -0.310 e. The van der Waals surface area contributed by atoms with E-state index in [1.54, 1.807) is 0 Å². The van der Waals surface area contributed by atoms with E-state index in [-0.39, 0.29) is 0 Å². The molecule has 0 spiro atoms. The summed E-state index contributed by atoms with van der Waals surface area (Å²) < 4.78 is 0. The standard InChI is InChI=1S/C14H27NS/c1-2-4-12-6-8-13(9-7-12)15-14-5-3-10-16-11-14/h12-15H,2-11H2,1H3. The van der Waals surface area contributed by atoms with E-state index in [2.05, 4.69) is 24.0 Å². The number of hydrogen-bond donors (Lipinski definition) is 1. The molecular formula is C14H27NS. The molecule has 1 saturated heterocycles. The molecule has 2 heteroatoms. The lowest BCUT2D eigenvalue weighted by atomic mass is 9.83. The number of thioether (sulfide) groups is 1. The lowest BCUT2D eigenvalue weighted by Crippen LogP contribution is -2.43. The first-order valence-corrected chi connectivity index (χ1v) is 8.37. The molecule has 0 aromatic heterocycles. The average Bonchev–Trinajstić information content (AvgIpc) is 2.33. The van der Waals surface area contributed by atoms with Crippen LogP contribution in [0.25, 0.3) is 0 Å². The fourth-order valence-electron chi connectivity index (χ4n) is 3.23. The molecule has 0 amide bonds. The van der Waals surface area contributed by atoms with Crippen LogP contribution in [0.1, 0.15) is 58.3 Å². The van der Waals surface area contributed by atoms with Crippen LogP contribution in [0.4, 0.5) is 0 Å². The van der Waals surface area contributed by atoms with Gasteiger partial charge in [-0.2, -0.15) is 11.8 Å². The molecule has 1 nitrogen and oxygen atoms in total. The van der Waals surface area contributed by atoms with Gasteiger partial charge in [0.25, 0.3) is 0 Å². The zero-order chi connectivity index (χ0) is 11.2. The van der Waals surface area contributed by atoms with Crippen LogP contribution in [-0.2, 0) is 0 Å². The first-order chi connectivity index (χ1) is 7.88. The summed E-state index contributed by atoms with van der Waals surface area (Å²) in [6.07, 6.45) is 11.5. The summed E-state index contributed by atoms with van der Waals surface area (Å²) in [5, 5.41) is 3.90. The van der Waals surface area contributed by atoms with Crippen LogP contribution < -0.4 is 5.32 Å². The minimum atomic E-state index is 0.825. The van der Waals surface area contributed by atoms with Gasteiger partial charge in [0.2, 0.25) is 0 Å². The van der Waals surface area contributed by atoms with E-state index < -0.39 is 0 Å². The second-order valence-corrected chi connectivity index (χ2v) is 6.74. The highest BCUT2D eigenvalue weighted by Gasteiger charge is 2.23. The Hall–Kier alpha value is 0.310. The van der Waals surface area contributed by atoms with Gasteiger partial charge in [-0.15, -0.1) is 0 Å². The van der Waals surface area contributed by atoms with Crippen molar-refractivity contribution in [2.24, 2.45) is 5.92 Å². The Morgan fingerprint density at radius 2 is 1.88 bits per heavy atom. The van der Waals surface area contributed by atoms with Crippen molar-refractivity contribution >= 4 is 11.8 Å². The monoisotopic (exact) mass is 241 g/mol. The molecule has 1 aliphatic carbocycles. The van der Waals surface area contributed by atoms with Crippen LogP contribution in [0, 0.1) is 5.92 Å². The predicted molar refractivity (Wildman–Crippen MR) is 74.1 cm³/mol. The fraction of sp³-hybridized carbons (Fsp3) is 1.00. The van der Waals surface area contributed by atoms with Crippen molar-refractivity contribution in [3.8, 4) is 0 Å². The van der Waals surface area contributed by atoms with Gasteiger partial charge in [-0.25, -0.2) is 0 Å². The summed E-state index contributed by atoms with van der Waals surface area (Å²) >= 11 is 2.14. The van der Waals surface area contributed by atoms with Crippen LogP contribution in [0.2, 0.25) is 0 Å². The van der Waals surface area contributed by atoms with Gasteiger partial charge in [0.1, 0.15) is 0 Å². The van der Waals surface area contributed by atoms with Gasteiger partial charge in [0, 0.05) is 17.8 Å². The third-order valence-corrected chi connectivity index (χ3v) is 5.39. The Labute approximate surface area is 105 Å². The van der Waals surface area contributed by atoms with Crippen molar-refractivity contribution < 1.29 is 0 Å². The molecule has 1 heterocycles. The number of hydrogen-bond acceptors (Lipinski definition) is 2. The summed E-state index contributed by atoms with van der Waals surface area (Å²) in [7, 11) is 0. The first-order valence-electron chi connectivity index (χ1n) is 7.22. The summed E-state index contributed by atoms with van der Waals surface area (Å²) in [6.45, 7) is 2.32. The first kappa shape index (κ1) is 12.8. The lowest BCUT2D eigenvalue weighted by Gasteiger charge is -2.33. The van der Waals surface area contributed by atoms with Crippen LogP contribution in [0.15, 0.2) is 0 Å². The van der Waals surface area contributed by atoms with Gasteiger partial charge in [-0.05, 0) is 50.2 Å². The van der Waals surface area contributed by atoms with E-state index in [4.69, 9.17) is 0 Å². The van der Waals surface area contributed by atoms with Gasteiger partial charge in [0.05, 0.1) is 0 Å². The second-order valence-electron chi connectivity index (χ2n) is 5.59. The van der Waals surface area contributed by atoms with Crippen LogP contribution in [0.5, 0.6) is 0 Å². The Morgan fingerprint density at radius 3 is 2.50 bits per heavy atom. The highest BCUT2D eigenvalue weighted by atomic mass is 32.2. The van der Waals surface area contributed by atoms with Crippen LogP contribution in [-0.4, -0.2) is 23.6 Å². The average molecular weight is 241 g/mol. The molecule has 1 unspecified atom stereocenters. The molecule has 94 valence electrons. The molecule has 1 aliphatic heterocycles. The smallest absolute Gasteiger partial charge is 0.0161 e. The Bertz CT molecular complexity index is 181. The second kappa shape index (κ2) is 6.90. The molecule has 2 rings (SSSR count). The molecular weight excluding hydrogens is 214 g/mol. The van der Waals surface area contributed by atoms with Gasteiger partial charge < -0.3 is 5.32 Å². The molecule has 0 aromatic carbocycles. The maximum absolute atomic E-state index is 3.90. The SMILES string of the molecule is CCCC1CCC(NC2CCCSC2)CC1. The van der Waals surface area contributed by atoms with Crippen LogP contribution in [0.3, 0.4) is 0 Å². The molecule has 1 atom stereocenters. The van der Waals surface area contributed by atoms with Crippen molar-refractivity contribution in [1.29, 1.82) is 0 Å². The lowest BCUT2D eigenvalue weighted by molar-refractivity contribution is 0.263. The largest absolute Gasteiger partial charge is 0.310 e. The third-order valence-electron chi connectivity index (χ3n) is 4.18. The van der Waals surface area contributed by atoms with E-state index >= 15 is 0 Å². The fourth-order valence-corrected chi connectivity index (χ4v) is 4.32. The normalized spacial score (nSPS) is 36.2. The van der Waals surface area contributed by atoms with Crippen LogP contribution >= 0.6 is 11.8 Å². The van der Waals surface area contributed by atoms with E-state index in [9.17, 15) is 0 Å². The van der Waals surface area contributed by atoms with Crippen molar-refractivity contribution in [3.05, 3.63) is 0 Å². The van der Waals surface area contributed by atoms with Crippen molar-refractivity contribution in [2.45, 2.75) is 70.4 Å². The molecule has 1 N–H and O–H groups in total. The topological polar surface area (TPSA) is 12.0 Å². The highest BCUT2D eigenvalue weighted by molar-refractivity contribution is 7.99. The Kier molecular flexibility index (Phi) is 5.51. The van der Waals surface area contributed by atoms with Crippen molar-refractivity contribution in [2.75, 3.05) is 11.5 Å². The van der Waals surface area contributed by atoms with Gasteiger partial charge >= 0.3 is 0 Å². The van der Waals surface area contributed by atoms with Crippen molar-refractivity contribution in [1.82, 2.24) is 5.32 Å². The molecule has 1 saturated carbocycles. The molecule has 0 radical (unpaired) electrons. The zero-order valence-corrected chi connectivity index (χ0v) is 11.5. The maximum Gasteiger partial charge on any atom is 0.0161 e. The zero-order valence-electron chi connectivity index (χ0n) is 10.7. The molecule has 16 heavy (non-hydrogen) atoms. The summed E-state index contributed by atoms with van der Waals surface area (Å²) in [4.78, 5) is 0. The molecule has 2 fully saturated rings. The summed E-state index contributed by atoms with van der Waals surface area (Å²) in [5.74, 6) is 3.79. The molecule has 0 aromatic rings. The number of nitrogens with one attached hydrogen (secondary N) is 1. The summed E-state index contributed by atoms with van der Waals surface area (Å²) in [5.41, 5.74) is 0. The van der Waals surface area contributed by atoms with E-state index in [0.717, 1.165) is 18.0 Å². The van der Waals surface area contributed by atoms with Gasteiger partial charge in [-0.1, -0.05) is 19.8 Å². The van der Waals surface area contributed by atoms with E-state index in [1.165, 1.54) is 62.9 Å². The quantitative estimate of drug-likeness (QED) is 0.803. The van der Waals surface area contributed by atoms with E-state index in [1.807, 2.05) is 0 Å². The van der Waals surface area contributed by atoms with Gasteiger partial charge in [-0.3, -0.25) is 0 Å². The minimum absolute atomic E-state index is 0.825. The van der Waals surface area contributed by atoms with E-state index in [0.29, 0.717) is 0 Å². The molecule has 2 aliphatic rings. The number of rotatable bonds is 4. The maximum atomic E-state index is 3.90. The van der Waals surface area contributed by atoms with Crippen molar-refractivity contribution in [3.63, 3.8) is 0 Å². The summed E-state index contributed by atoms with van der Waals surface area (Å²) in [6, 6.07) is 1.67.